The quantitative estimate of drug-likeness (QED) is 0.140. The summed E-state index contributed by atoms with van der Waals surface area (Å²) in [4.78, 5) is 40.2. The van der Waals surface area contributed by atoms with Crippen molar-refractivity contribution in [3.8, 4) is 23.0 Å². The second kappa shape index (κ2) is 16.2. The Bertz CT molecular complexity index is 1930. The van der Waals surface area contributed by atoms with Crippen molar-refractivity contribution in [2.75, 3.05) is 25.6 Å². The van der Waals surface area contributed by atoms with Crippen molar-refractivity contribution in [1.82, 2.24) is 0 Å². The molecule has 1 fully saturated rings. The summed E-state index contributed by atoms with van der Waals surface area (Å²) in [5.74, 6) is -8.54. The molecule has 5 bridgehead atoms. The monoisotopic (exact) mass is 769 g/mol. The zero-order valence-electron chi connectivity index (χ0n) is 32.4. The van der Waals surface area contributed by atoms with Crippen LogP contribution in [0.3, 0.4) is 0 Å². The summed E-state index contributed by atoms with van der Waals surface area (Å²) in [5, 5.41) is 59.9. The van der Waals surface area contributed by atoms with Crippen LogP contribution in [0, 0.1) is 30.6 Å². The minimum atomic E-state index is -2.05. The number of hydrogen-bond donors (Lipinski definition) is 6. The van der Waals surface area contributed by atoms with Crippen LogP contribution in [0.1, 0.15) is 76.2 Å². The van der Waals surface area contributed by atoms with Gasteiger partial charge in [0.15, 0.2) is 12.0 Å². The average Bonchev–Trinajstić information content (AvgIpc) is 3.77. The van der Waals surface area contributed by atoms with Gasteiger partial charge in [-0.1, -0.05) is 45.9 Å². The summed E-state index contributed by atoms with van der Waals surface area (Å²) in [7, 11) is 1.43. The van der Waals surface area contributed by atoms with Gasteiger partial charge in [0.25, 0.3) is 11.7 Å². The van der Waals surface area contributed by atoms with Gasteiger partial charge in [-0.25, -0.2) is 0 Å². The summed E-state index contributed by atoms with van der Waals surface area (Å²) < 4.78 is 34.8. The highest BCUT2D eigenvalue weighted by Crippen LogP contribution is 2.57. The number of hydrogen-bond acceptors (Lipinski definition) is 14. The molecule has 300 valence electrons. The number of esters is 1. The zero-order valence-corrected chi connectivity index (χ0v) is 32.4. The number of anilines is 1. The molecule has 55 heavy (non-hydrogen) atoms. The maximum atomic E-state index is 14.3. The molecular formula is C40H51NO14. The van der Waals surface area contributed by atoms with Crippen LogP contribution in [-0.4, -0.2) is 93.7 Å². The second-order valence-corrected chi connectivity index (χ2v) is 14.7. The van der Waals surface area contributed by atoms with E-state index in [0.29, 0.717) is 0 Å². The topological polar surface area (TPSA) is 220 Å². The number of nitrogens with one attached hydrogen (secondary N) is 1. The molecule has 0 saturated carbocycles. The number of aliphatic hydroxyl groups excluding tert-OH is 2. The number of ether oxygens (including phenoxy) is 6. The number of benzene rings is 2. The predicted molar refractivity (Wildman–Crippen MR) is 198 cm³/mol. The van der Waals surface area contributed by atoms with Gasteiger partial charge in [-0.15, -0.1) is 0 Å². The lowest BCUT2D eigenvalue weighted by molar-refractivity contribution is -0.160. The summed E-state index contributed by atoms with van der Waals surface area (Å²) in [6, 6.07) is 0. The van der Waals surface area contributed by atoms with E-state index in [2.05, 4.69) is 5.32 Å². The highest BCUT2D eigenvalue weighted by molar-refractivity contribution is 6.22. The Hall–Kier alpha value is -4.67. The van der Waals surface area contributed by atoms with E-state index in [1.807, 2.05) is 0 Å². The molecule has 9 unspecified atom stereocenters. The molecule has 1 amide bonds. The summed E-state index contributed by atoms with van der Waals surface area (Å²) in [5.41, 5.74) is -0.529. The number of carbonyl (C=O) groups excluding carboxylic acids is 3. The van der Waals surface area contributed by atoms with Gasteiger partial charge in [-0.05, 0) is 19.9 Å². The fraction of sp³-hybridized carbons (Fsp3) is 0.525. The Kier molecular flexibility index (Phi) is 12.2. The Balaban J connectivity index is 1.70. The van der Waals surface area contributed by atoms with E-state index in [1.54, 1.807) is 39.8 Å². The van der Waals surface area contributed by atoms with E-state index < -0.39 is 95.1 Å². The molecule has 2 aromatic rings. The number of aliphatic hydroxyl groups is 2. The van der Waals surface area contributed by atoms with Gasteiger partial charge in [0.1, 0.15) is 23.4 Å². The van der Waals surface area contributed by atoms with Crippen molar-refractivity contribution in [2.45, 2.75) is 91.9 Å². The van der Waals surface area contributed by atoms with E-state index in [-0.39, 0.29) is 57.7 Å². The van der Waals surface area contributed by atoms with Crippen molar-refractivity contribution in [2.24, 2.45) is 23.7 Å². The highest BCUT2D eigenvalue weighted by Gasteiger charge is 2.50. The summed E-state index contributed by atoms with van der Waals surface area (Å²) in [6.45, 7) is 12.7. The van der Waals surface area contributed by atoms with Gasteiger partial charge in [-0.2, -0.15) is 0 Å². The SMILES string of the molecule is COC1C=COC2(C)Oc3c(C)c(O)c4c(O)c(c(C5OCCO5)c(O)c4c3C2=O)NC(=O)C(C)=CC=CC(C)C(O)C(C)C(O)C(C)C(OC(C)=O)C1C. The van der Waals surface area contributed by atoms with E-state index in [0.717, 1.165) is 0 Å². The molecule has 15 nitrogen and oxygen atoms in total. The molecule has 4 heterocycles. The Labute approximate surface area is 319 Å². The third-order valence-corrected chi connectivity index (χ3v) is 10.9. The van der Waals surface area contributed by atoms with E-state index in [1.165, 1.54) is 53.2 Å². The number of carbonyl (C=O) groups is 3. The molecule has 1 saturated heterocycles. The Morgan fingerprint density at radius 1 is 0.909 bits per heavy atom. The number of fused-ring (bicyclic) bond motifs is 14. The number of phenols is 3. The number of Topliss-reactive ketones (excluding diaryl/α,β-unsaturated/α-hetero) is 1. The lowest BCUT2D eigenvalue weighted by Crippen LogP contribution is -2.46. The number of methoxy groups -OCH3 is 1. The number of rotatable bonds is 3. The zero-order chi connectivity index (χ0) is 40.7. The number of ketones is 1. The minimum Gasteiger partial charge on any atom is -0.507 e. The van der Waals surface area contributed by atoms with Crippen LogP contribution >= 0.6 is 0 Å². The predicted octanol–water partition coefficient (Wildman–Crippen LogP) is 4.80. The Morgan fingerprint density at radius 2 is 1.56 bits per heavy atom. The average molecular weight is 770 g/mol. The lowest BCUT2D eigenvalue weighted by atomic mass is 9.78. The van der Waals surface area contributed by atoms with Gasteiger partial charge in [0.2, 0.25) is 0 Å². The molecule has 0 aromatic heterocycles. The van der Waals surface area contributed by atoms with E-state index >= 15 is 0 Å². The van der Waals surface area contributed by atoms with Gasteiger partial charge in [0, 0.05) is 61.2 Å². The van der Waals surface area contributed by atoms with Crippen LogP contribution in [0.5, 0.6) is 23.0 Å². The van der Waals surface area contributed by atoms with Crippen LogP contribution in [0.25, 0.3) is 10.8 Å². The highest BCUT2D eigenvalue weighted by atomic mass is 16.7. The molecule has 15 heteroatoms. The standard InChI is InChI=1S/C40H51NO14/c1-17-11-10-12-18(2)38(49)41-29-28(39-51-15-16-52-39)33(46)25-26(34(29)47)32(45)22(6)36-27(25)37(48)40(8,55-36)53-14-13-24(50-9)19(3)35(54-23(7)42)21(5)31(44)20(4)30(17)43/h10-14,17,19-21,24,30-31,35,39,43-47H,15-16H2,1-9H3,(H,41,49). The van der Waals surface area contributed by atoms with Crippen molar-refractivity contribution in [1.29, 1.82) is 0 Å². The van der Waals surface area contributed by atoms with Crippen LogP contribution in [0.2, 0.25) is 0 Å². The number of allylic oxidation sites excluding steroid dienone is 2. The molecular weight excluding hydrogens is 718 g/mol. The van der Waals surface area contributed by atoms with Crippen LogP contribution in [0.4, 0.5) is 5.69 Å². The fourth-order valence-corrected chi connectivity index (χ4v) is 7.50. The largest absolute Gasteiger partial charge is 0.507 e. The molecule has 0 radical (unpaired) electrons. The molecule has 9 atom stereocenters. The second-order valence-electron chi connectivity index (χ2n) is 14.7. The summed E-state index contributed by atoms with van der Waals surface area (Å²) >= 11 is 0. The molecule has 6 N–H and O–H groups in total. The first-order valence-corrected chi connectivity index (χ1v) is 18.2. The van der Waals surface area contributed by atoms with E-state index in [9.17, 15) is 39.9 Å². The molecule has 6 rings (SSSR count). The van der Waals surface area contributed by atoms with Crippen molar-refractivity contribution >= 4 is 34.1 Å². The van der Waals surface area contributed by atoms with Crippen molar-refractivity contribution in [3.63, 3.8) is 0 Å². The number of amides is 1. The molecule has 0 aliphatic carbocycles. The minimum absolute atomic E-state index is 0.0395. The maximum Gasteiger partial charge on any atom is 0.312 e. The van der Waals surface area contributed by atoms with Gasteiger partial charge in [-0.3, -0.25) is 14.4 Å². The van der Waals surface area contributed by atoms with Crippen LogP contribution in [-0.2, 0) is 33.3 Å². The first-order chi connectivity index (χ1) is 25.9. The van der Waals surface area contributed by atoms with Gasteiger partial charge in [0.05, 0.1) is 60.0 Å². The summed E-state index contributed by atoms with van der Waals surface area (Å²) in [6.07, 6.45) is 2.20. The first-order valence-electron chi connectivity index (χ1n) is 18.2. The first kappa shape index (κ1) is 41.5. The van der Waals surface area contributed by atoms with Crippen LogP contribution in [0.15, 0.2) is 36.1 Å². The number of aromatic hydroxyl groups is 3. The molecule has 4 aliphatic rings. The third kappa shape index (κ3) is 7.63. The van der Waals surface area contributed by atoms with Crippen molar-refractivity contribution in [3.05, 3.63) is 52.8 Å². The fourth-order valence-electron chi connectivity index (χ4n) is 7.50. The van der Waals surface area contributed by atoms with Crippen molar-refractivity contribution < 1.29 is 68.3 Å². The molecule has 4 aliphatic heterocycles. The maximum absolute atomic E-state index is 14.3. The van der Waals surface area contributed by atoms with Gasteiger partial charge >= 0.3 is 11.8 Å². The molecule has 0 spiro atoms. The smallest absolute Gasteiger partial charge is 0.312 e. The number of phenolic OH excluding ortho intramolecular Hbond substituents is 3. The third-order valence-electron chi connectivity index (χ3n) is 10.9. The van der Waals surface area contributed by atoms with Crippen LogP contribution < -0.4 is 10.1 Å². The van der Waals surface area contributed by atoms with E-state index in [4.69, 9.17) is 28.4 Å². The van der Waals surface area contributed by atoms with Gasteiger partial charge < -0.3 is 59.3 Å². The normalized spacial score (nSPS) is 31.0. The lowest BCUT2D eigenvalue weighted by Gasteiger charge is -2.38. The molecule has 2 aromatic carbocycles. The Morgan fingerprint density at radius 3 is 2.18 bits per heavy atom.